The highest BCUT2D eigenvalue weighted by molar-refractivity contribution is 5.69. The maximum Gasteiger partial charge on any atom is 0.219 e. The molecule has 3 aromatic rings. The number of hydrogen-bond donors (Lipinski definition) is 1. The Kier molecular flexibility index (Phi) is 5.57. The van der Waals surface area contributed by atoms with E-state index in [-0.39, 0.29) is 6.54 Å². The number of alkyl halides is 1. The number of nitrogens with zero attached hydrogens (tertiary/aromatic N) is 5. The molecule has 0 saturated carbocycles. The monoisotopic (exact) mass is 380 g/mol. The van der Waals surface area contributed by atoms with Crippen molar-refractivity contribution in [2.45, 2.75) is 6.17 Å². The Hall–Kier alpha value is -3.44. The van der Waals surface area contributed by atoms with E-state index < -0.39 is 6.17 Å². The van der Waals surface area contributed by atoms with Crippen LogP contribution >= 0.6 is 0 Å². The van der Waals surface area contributed by atoms with Crippen molar-refractivity contribution in [3.8, 4) is 29.0 Å². The van der Waals surface area contributed by atoms with Crippen LogP contribution in [0.1, 0.15) is 17.3 Å². The molecule has 0 aliphatic heterocycles. The fourth-order valence-corrected chi connectivity index (χ4v) is 2.64. The van der Waals surface area contributed by atoms with E-state index in [1.165, 1.54) is 6.20 Å². The second kappa shape index (κ2) is 8.06. The Balaban J connectivity index is 2.00. The van der Waals surface area contributed by atoms with Crippen molar-refractivity contribution in [2.75, 3.05) is 25.5 Å². The number of rotatable bonds is 6. The molecule has 2 aromatic heterocycles. The summed E-state index contributed by atoms with van der Waals surface area (Å²) >= 11 is 0. The third kappa shape index (κ3) is 3.94. The summed E-state index contributed by atoms with van der Waals surface area (Å²) < 4.78 is 21.4. The summed E-state index contributed by atoms with van der Waals surface area (Å²) in [5, 5.41) is 13.6. The molecule has 1 atom stereocenters. The Morgan fingerprint density at radius 1 is 1.29 bits per heavy atom. The highest BCUT2D eigenvalue weighted by atomic mass is 19.1. The molecule has 0 fully saturated rings. The first-order valence-corrected chi connectivity index (χ1v) is 8.66. The van der Waals surface area contributed by atoms with Crippen molar-refractivity contribution in [3.63, 3.8) is 0 Å². The van der Waals surface area contributed by atoms with Crippen LogP contribution in [0.5, 0.6) is 11.6 Å². The fraction of sp³-hybridized carbons (Fsp3) is 0.250. The smallest absolute Gasteiger partial charge is 0.219 e. The maximum absolute atomic E-state index is 13.7. The molecule has 1 aromatic carbocycles. The molecule has 28 heavy (non-hydrogen) atoms. The Labute approximate surface area is 162 Å². The minimum absolute atomic E-state index is 0.0963. The van der Waals surface area contributed by atoms with Crippen molar-refractivity contribution >= 4 is 5.82 Å². The average Bonchev–Trinajstić information content (AvgIpc) is 3.08. The van der Waals surface area contributed by atoms with Crippen molar-refractivity contribution in [1.29, 1.82) is 5.26 Å². The molecule has 0 aliphatic carbocycles. The van der Waals surface area contributed by atoms with Crippen LogP contribution in [0.15, 0.2) is 42.6 Å². The van der Waals surface area contributed by atoms with Gasteiger partial charge in [0.05, 0.1) is 17.3 Å². The minimum atomic E-state index is -1.25. The molecule has 0 saturated heterocycles. The van der Waals surface area contributed by atoms with Crippen molar-refractivity contribution in [1.82, 2.24) is 14.8 Å². The van der Waals surface area contributed by atoms with Gasteiger partial charge in [0.2, 0.25) is 5.88 Å². The number of nitrogens with two attached hydrogens (primary N) is 1. The average molecular weight is 380 g/mol. The number of hydrogen-bond acceptors (Lipinski definition) is 6. The molecular weight excluding hydrogens is 359 g/mol. The zero-order chi connectivity index (χ0) is 20.3. The molecule has 0 spiro atoms. The van der Waals surface area contributed by atoms with Crippen LogP contribution in [-0.4, -0.2) is 35.4 Å². The van der Waals surface area contributed by atoms with Gasteiger partial charge in [-0.05, 0) is 24.3 Å². The van der Waals surface area contributed by atoms with E-state index in [1.807, 2.05) is 19.0 Å². The van der Waals surface area contributed by atoms with E-state index in [0.717, 1.165) is 5.82 Å². The van der Waals surface area contributed by atoms with E-state index in [2.05, 4.69) is 16.2 Å². The second-order valence-electron chi connectivity index (χ2n) is 6.46. The van der Waals surface area contributed by atoms with Gasteiger partial charge in [-0.2, -0.15) is 10.4 Å². The van der Waals surface area contributed by atoms with Crippen LogP contribution in [0.4, 0.5) is 10.2 Å². The predicted molar refractivity (Wildman–Crippen MR) is 105 cm³/mol. The number of pyridine rings is 1. The molecule has 0 aliphatic rings. The zero-order valence-corrected chi connectivity index (χ0v) is 15.9. The van der Waals surface area contributed by atoms with Gasteiger partial charge in [-0.15, -0.1) is 0 Å². The summed E-state index contributed by atoms with van der Waals surface area (Å²) in [4.78, 5) is 6.21. The van der Waals surface area contributed by atoms with E-state index >= 15 is 0 Å². The minimum Gasteiger partial charge on any atom is -0.438 e. The molecule has 0 radical (unpaired) electrons. The first-order valence-electron chi connectivity index (χ1n) is 8.66. The molecule has 2 N–H and O–H groups in total. The summed E-state index contributed by atoms with van der Waals surface area (Å²) in [5.41, 5.74) is 7.53. The Bertz CT molecular complexity index is 1010. The molecule has 8 heteroatoms. The number of ether oxygens (including phenoxy) is 1. The van der Waals surface area contributed by atoms with Crippen molar-refractivity contribution < 1.29 is 9.13 Å². The van der Waals surface area contributed by atoms with Crippen LogP contribution in [0.2, 0.25) is 0 Å². The molecule has 144 valence electrons. The van der Waals surface area contributed by atoms with E-state index in [4.69, 9.17) is 10.5 Å². The zero-order valence-electron chi connectivity index (χ0n) is 15.9. The molecular formula is C20H21FN6O. The van der Waals surface area contributed by atoms with Gasteiger partial charge in [-0.1, -0.05) is 6.07 Å². The largest absolute Gasteiger partial charge is 0.438 e. The van der Waals surface area contributed by atoms with E-state index in [1.54, 1.807) is 48.1 Å². The maximum atomic E-state index is 13.7. The summed E-state index contributed by atoms with van der Waals surface area (Å²) in [5.74, 6) is 1.72. The number of aromatic nitrogens is 3. The van der Waals surface area contributed by atoms with E-state index in [0.29, 0.717) is 34.0 Å². The van der Waals surface area contributed by atoms with Gasteiger partial charge in [0.25, 0.3) is 0 Å². The molecule has 2 heterocycles. The summed E-state index contributed by atoms with van der Waals surface area (Å²) in [6, 6.07) is 12.4. The molecule has 3 rings (SSSR count). The second-order valence-corrected chi connectivity index (χ2v) is 6.46. The summed E-state index contributed by atoms with van der Waals surface area (Å²) in [7, 11) is 5.55. The van der Waals surface area contributed by atoms with Gasteiger partial charge in [-0.3, -0.25) is 4.98 Å². The molecule has 0 bridgehead atoms. The first-order chi connectivity index (χ1) is 13.4. The number of nitriles is 1. The van der Waals surface area contributed by atoms with Crippen LogP contribution in [-0.2, 0) is 7.05 Å². The van der Waals surface area contributed by atoms with Crippen molar-refractivity contribution in [3.05, 3.63) is 53.7 Å². The first kappa shape index (κ1) is 19.3. The van der Waals surface area contributed by atoms with Gasteiger partial charge in [0.1, 0.15) is 11.9 Å². The lowest BCUT2D eigenvalue weighted by Gasteiger charge is -2.12. The van der Waals surface area contributed by atoms with Crippen molar-refractivity contribution in [2.24, 2.45) is 12.8 Å². The lowest BCUT2D eigenvalue weighted by Crippen LogP contribution is -2.09. The highest BCUT2D eigenvalue weighted by Gasteiger charge is 2.15. The quantitative estimate of drug-likeness (QED) is 0.706. The van der Waals surface area contributed by atoms with Gasteiger partial charge in [0, 0.05) is 51.1 Å². The lowest BCUT2D eigenvalue weighted by molar-refractivity contribution is 0.352. The summed E-state index contributed by atoms with van der Waals surface area (Å²) in [6.07, 6.45) is 0.209. The topological polar surface area (TPSA) is 93.0 Å². The van der Waals surface area contributed by atoms with Gasteiger partial charge < -0.3 is 15.4 Å². The fourth-order valence-electron chi connectivity index (χ4n) is 2.64. The standard InChI is InChI=1S/C20H21FN6O/c1-26(2)19-9-20(27(3)25-19)28-18-8-13(10-22)4-6-15(18)17-7-5-14(12-24-17)16(21)11-23/h4-9,12,16H,11,23H2,1-3H3/t16-/m0/s1. The SMILES string of the molecule is CN(C)c1cc(Oc2cc(C#N)ccc2-c2ccc([C@@H](F)CN)cn2)n(C)n1. The van der Waals surface area contributed by atoms with Crippen LogP contribution < -0.4 is 15.4 Å². The van der Waals surface area contributed by atoms with Crippen LogP contribution in [0.3, 0.4) is 0 Å². The van der Waals surface area contributed by atoms with Crippen LogP contribution in [0, 0.1) is 11.3 Å². The number of benzene rings is 1. The predicted octanol–water partition coefficient (Wildman–Crippen LogP) is 3.18. The Morgan fingerprint density at radius 2 is 2.07 bits per heavy atom. The third-order valence-electron chi connectivity index (χ3n) is 4.24. The number of aryl methyl sites for hydroxylation is 1. The lowest BCUT2D eigenvalue weighted by atomic mass is 10.1. The molecule has 0 amide bonds. The number of halogens is 1. The van der Waals surface area contributed by atoms with E-state index in [9.17, 15) is 9.65 Å². The Morgan fingerprint density at radius 3 is 2.64 bits per heavy atom. The molecule has 7 nitrogen and oxygen atoms in total. The summed E-state index contributed by atoms with van der Waals surface area (Å²) in [6.45, 7) is -0.0963. The van der Waals surface area contributed by atoms with Gasteiger partial charge >= 0.3 is 0 Å². The highest BCUT2D eigenvalue weighted by Crippen LogP contribution is 2.34. The van der Waals surface area contributed by atoms with Crippen LogP contribution in [0.25, 0.3) is 11.3 Å². The normalized spacial score (nSPS) is 11.7. The van der Waals surface area contributed by atoms with Gasteiger partial charge in [-0.25, -0.2) is 9.07 Å². The third-order valence-corrected chi connectivity index (χ3v) is 4.24. The number of anilines is 1. The van der Waals surface area contributed by atoms with Gasteiger partial charge in [0.15, 0.2) is 5.82 Å². The molecule has 0 unspecified atom stereocenters.